The Morgan fingerprint density at radius 2 is 1.91 bits per heavy atom. The molecule has 1 aromatic heterocycles. The van der Waals surface area contributed by atoms with Crippen molar-refractivity contribution in [3.05, 3.63) is 28.3 Å². The van der Waals surface area contributed by atoms with Crippen molar-refractivity contribution in [2.75, 3.05) is 18.9 Å². The number of nitrogen functional groups attached to an aromatic ring is 1. The van der Waals surface area contributed by atoms with Gasteiger partial charge in [0.05, 0.1) is 26.6 Å². The number of hydrogen-bond donors (Lipinski definition) is 7. The first-order valence-electron chi connectivity index (χ1n) is 13.8. The Hall–Kier alpha value is -2.51. The maximum absolute atomic E-state index is 12.5. The summed E-state index contributed by atoms with van der Waals surface area (Å²) in [6.45, 7) is 1.12. The molecule has 7 unspecified atom stereocenters. The number of urea groups is 1. The zero-order chi connectivity index (χ0) is 34.3. The van der Waals surface area contributed by atoms with Crippen LogP contribution in [-0.2, 0) is 36.4 Å². The first kappa shape index (κ1) is 37.9. The number of amides is 3. The van der Waals surface area contributed by atoms with Crippen LogP contribution in [0.5, 0.6) is 0 Å². The Bertz CT molecular complexity index is 1490. The van der Waals surface area contributed by atoms with E-state index in [0.29, 0.717) is 12.8 Å². The van der Waals surface area contributed by atoms with Gasteiger partial charge in [-0.2, -0.15) is 9.29 Å². The molecule has 46 heavy (non-hydrogen) atoms. The summed E-state index contributed by atoms with van der Waals surface area (Å²) in [5.74, 6) is -0.311. The first-order chi connectivity index (χ1) is 21.3. The number of unbranched alkanes of at least 4 members (excludes halogenated alkanes) is 2. The van der Waals surface area contributed by atoms with Gasteiger partial charge in [-0.25, -0.2) is 18.7 Å². The number of carbonyl (C=O) groups is 2. The van der Waals surface area contributed by atoms with Gasteiger partial charge in [0.2, 0.25) is 5.91 Å². The van der Waals surface area contributed by atoms with E-state index in [-0.39, 0.29) is 48.4 Å². The van der Waals surface area contributed by atoms with Crippen molar-refractivity contribution in [2.24, 2.45) is 0 Å². The van der Waals surface area contributed by atoms with E-state index in [1.807, 2.05) is 6.92 Å². The third-order valence-corrected chi connectivity index (χ3v) is 10.5. The van der Waals surface area contributed by atoms with Crippen LogP contribution < -0.4 is 37.2 Å². The van der Waals surface area contributed by atoms with Crippen LogP contribution >= 0.6 is 23.5 Å². The molecule has 3 rings (SSSR count). The van der Waals surface area contributed by atoms with Gasteiger partial charge in [-0.1, -0.05) is 25.0 Å². The van der Waals surface area contributed by atoms with Crippen molar-refractivity contribution in [2.45, 2.75) is 76.0 Å². The predicted molar refractivity (Wildman–Crippen MR) is 153 cm³/mol. The summed E-state index contributed by atoms with van der Waals surface area (Å²) in [5, 5.41) is 18.7. The number of aromatic nitrogens is 2. The number of ether oxygens (including phenoxy) is 1. The molecule has 2 aliphatic rings. The molecule has 0 spiro atoms. The van der Waals surface area contributed by atoms with E-state index in [1.165, 1.54) is 12.3 Å². The SMILES string of the molecule is CC1NC(=O)NC1CCCCCC(=O)NC/C=C/c1cn(C2CC(O)C(COP(=O)(O)OP(=O)(O)OP(=O)([O-])[O-])O2)c(=O)nc1N. The van der Waals surface area contributed by atoms with Crippen LogP contribution in [0.4, 0.5) is 10.6 Å². The monoisotopic (exact) mass is 716 g/mol. The fourth-order valence-corrected chi connectivity index (χ4v) is 7.53. The molecule has 1 aromatic rings. The number of phosphoric ester groups is 1. The Labute approximate surface area is 261 Å². The molecule has 21 nitrogen and oxygen atoms in total. The standard InChI is InChI=1S/C22H37N6O15P3/c1-13-15(26-21(31)25-13)7-3-2-4-8-18(30)24-9-5-6-14-11-28(22(32)27-20(14)23)19-10-16(29)17(41-19)12-40-45(36,37)43-46(38,39)42-44(33,34)35/h5-6,11,13,15-17,19,29H,2-4,7-10,12H2,1H3,(H,24,30)(H,36,37)(H,38,39)(H2,23,27,32)(H2,25,26,31)(H2,33,34,35)/p-2/b6-5+. The van der Waals surface area contributed by atoms with Crippen molar-refractivity contribution in [3.63, 3.8) is 0 Å². The summed E-state index contributed by atoms with van der Waals surface area (Å²) in [4.78, 5) is 79.4. The van der Waals surface area contributed by atoms with E-state index in [2.05, 4.69) is 34.1 Å². The van der Waals surface area contributed by atoms with Gasteiger partial charge < -0.3 is 55.7 Å². The molecule has 0 aromatic carbocycles. The minimum Gasteiger partial charge on any atom is -0.789 e. The fraction of sp³-hybridized carbons (Fsp3) is 0.636. The minimum atomic E-state index is -6.08. The summed E-state index contributed by atoms with van der Waals surface area (Å²) in [5.41, 5.74) is 5.24. The number of nitrogens with one attached hydrogen (secondary N) is 3. The van der Waals surface area contributed by atoms with Gasteiger partial charge in [-0.05, 0) is 19.8 Å². The number of aliphatic hydroxyl groups excluding tert-OH is 1. The van der Waals surface area contributed by atoms with Crippen LogP contribution in [0.15, 0.2) is 17.1 Å². The number of phosphoric acid groups is 3. The summed E-state index contributed by atoms with van der Waals surface area (Å²) >= 11 is 0. The molecule has 24 heteroatoms. The largest absolute Gasteiger partial charge is 0.789 e. The number of rotatable bonds is 17. The van der Waals surface area contributed by atoms with E-state index in [0.717, 1.165) is 23.8 Å². The molecule has 0 aliphatic carbocycles. The van der Waals surface area contributed by atoms with E-state index in [9.17, 15) is 47.9 Å². The summed E-state index contributed by atoms with van der Waals surface area (Å²) in [6, 6.07) is -0.0385. The zero-order valence-corrected chi connectivity index (χ0v) is 27.0. The molecule has 2 aliphatic heterocycles. The third-order valence-electron chi connectivity index (χ3n) is 6.75. The highest BCUT2D eigenvalue weighted by molar-refractivity contribution is 7.66. The number of carbonyl (C=O) groups excluding carboxylic acids is 2. The van der Waals surface area contributed by atoms with Gasteiger partial charge in [0, 0.05) is 37.2 Å². The number of hydrogen-bond acceptors (Lipinski definition) is 15. The average Bonchev–Trinajstić information content (AvgIpc) is 3.43. The number of nitrogens with zero attached hydrogens (tertiary/aromatic N) is 2. The van der Waals surface area contributed by atoms with Gasteiger partial charge in [-0.3, -0.25) is 18.2 Å². The van der Waals surface area contributed by atoms with Gasteiger partial charge in [0.15, 0.2) is 0 Å². The molecule has 0 saturated carbocycles. The van der Waals surface area contributed by atoms with E-state index < -0.39 is 54.2 Å². The van der Waals surface area contributed by atoms with Crippen molar-refractivity contribution < 1.29 is 65.8 Å². The highest BCUT2D eigenvalue weighted by atomic mass is 31.3. The summed E-state index contributed by atoms with van der Waals surface area (Å²) in [7, 11) is -17.4. The van der Waals surface area contributed by atoms with Crippen molar-refractivity contribution in [3.8, 4) is 0 Å². The number of nitrogens with two attached hydrogens (primary N) is 1. The van der Waals surface area contributed by atoms with Crippen molar-refractivity contribution >= 4 is 47.3 Å². The van der Waals surface area contributed by atoms with Gasteiger partial charge >= 0.3 is 27.4 Å². The smallest absolute Gasteiger partial charge is 0.484 e. The molecule has 0 bridgehead atoms. The lowest BCUT2D eigenvalue weighted by atomic mass is 10.0. The second-order valence-corrected chi connectivity index (χ2v) is 14.7. The van der Waals surface area contributed by atoms with E-state index in [4.69, 9.17) is 15.4 Å². The number of aliphatic hydroxyl groups is 1. The fourth-order valence-electron chi connectivity index (χ4n) is 4.57. The van der Waals surface area contributed by atoms with Crippen LogP contribution in [0.3, 0.4) is 0 Å². The maximum atomic E-state index is 12.5. The summed E-state index contributed by atoms with van der Waals surface area (Å²) < 4.78 is 51.7. The average molecular weight is 716 g/mol. The highest BCUT2D eigenvalue weighted by Crippen LogP contribution is 2.64. The molecular weight excluding hydrogens is 681 g/mol. The van der Waals surface area contributed by atoms with Crippen molar-refractivity contribution in [1.82, 2.24) is 25.5 Å². The minimum absolute atomic E-state index is 0.0624. The molecule has 0 radical (unpaired) electrons. The molecule has 260 valence electrons. The second-order valence-electron chi connectivity index (χ2n) is 10.4. The highest BCUT2D eigenvalue weighted by Gasteiger charge is 2.41. The summed E-state index contributed by atoms with van der Waals surface area (Å²) in [6.07, 6.45) is 3.62. The Morgan fingerprint density at radius 3 is 2.57 bits per heavy atom. The molecule has 7 atom stereocenters. The Balaban J connectivity index is 1.46. The van der Waals surface area contributed by atoms with Crippen molar-refractivity contribution in [1.29, 1.82) is 0 Å². The number of anilines is 1. The molecule has 8 N–H and O–H groups in total. The predicted octanol–water partition coefficient (Wildman–Crippen LogP) is -1.30. The van der Waals surface area contributed by atoms with Gasteiger partial charge in [0.25, 0.3) is 0 Å². The molecule has 2 fully saturated rings. The molecule has 3 heterocycles. The molecule has 2 saturated heterocycles. The van der Waals surface area contributed by atoms with Crippen LogP contribution in [0, 0.1) is 0 Å². The molecular formula is C22H35N6O15P3-2. The van der Waals surface area contributed by atoms with E-state index >= 15 is 0 Å². The molecule has 3 amide bonds. The van der Waals surface area contributed by atoms with Crippen LogP contribution in [0.2, 0.25) is 0 Å². The Morgan fingerprint density at radius 1 is 1.20 bits per heavy atom. The van der Waals surface area contributed by atoms with Crippen LogP contribution in [0.25, 0.3) is 6.08 Å². The second kappa shape index (κ2) is 16.1. The van der Waals surface area contributed by atoms with E-state index in [1.54, 1.807) is 6.08 Å². The normalized spacial score (nSPS) is 26.0. The maximum Gasteiger partial charge on any atom is 0.484 e. The van der Waals surface area contributed by atoms with Gasteiger partial charge in [0.1, 0.15) is 18.1 Å². The Kier molecular flexibility index (Phi) is 13.2. The van der Waals surface area contributed by atoms with Gasteiger partial charge in [-0.15, -0.1) is 0 Å². The lowest BCUT2D eigenvalue weighted by molar-refractivity contribution is -0.334. The topological polar surface area (TPSA) is 326 Å². The lowest BCUT2D eigenvalue weighted by Crippen LogP contribution is -2.30. The quantitative estimate of drug-likeness (QED) is 0.0728. The third kappa shape index (κ3) is 12.3. The van der Waals surface area contributed by atoms with Crippen LogP contribution in [-0.4, -0.2) is 73.8 Å². The first-order valence-corrected chi connectivity index (χ1v) is 18.3. The van der Waals surface area contributed by atoms with Crippen LogP contribution in [0.1, 0.15) is 57.2 Å². The lowest BCUT2D eigenvalue weighted by Gasteiger charge is -2.29. The zero-order valence-electron chi connectivity index (χ0n) is 24.3.